The number of carbonyl (C=O) groups excluding carboxylic acids is 3. The highest BCUT2D eigenvalue weighted by Gasteiger charge is 2.16. The fourth-order valence-electron chi connectivity index (χ4n) is 1.93. The lowest BCUT2D eigenvalue weighted by Gasteiger charge is -2.09. The standard InChI is InChI=1S/C18H14ClF3N2O4S/c19-10-3-1-2-4-13(10)29-9-16(27)28-8-15(26)23-7-14(25)24-12-6-5-11(20)17(21)18(12)22/h1-6H,7-9H2,(H,23,26)(H,24,25). The van der Waals surface area contributed by atoms with Crippen LogP contribution in [0.5, 0.6) is 0 Å². The van der Waals surface area contributed by atoms with Crippen LogP contribution < -0.4 is 10.6 Å². The largest absolute Gasteiger partial charge is 0.455 e. The number of amides is 2. The van der Waals surface area contributed by atoms with E-state index >= 15 is 0 Å². The zero-order valence-electron chi connectivity index (χ0n) is 14.6. The van der Waals surface area contributed by atoms with Gasteiger partial charge in [0, 0.05) is 4.90 Å². The fraction of sp³-hybridized carbons (Fsp3) is 0.167. The number of esters is 1. The molecule has 0 saturated carbocycles. The van der Waals surface area contributed by atoms with Gasteiger partial charge in [-0.25, -0.2) is 13.2 Å². The van der Waals surface area contributed by atoms with Crippen LogP contribution in [0.15, 0.2) is 41.3 Å². The van der Waals surface area contributed by atoms with Crippen LogP contribution in [0.4, 0.5) is 18.9 Å². The molecule has 2 N–H and O–H groups in total. The fourth-order valence-corrected chi connectivity index (χ4v) is 2.97. The summed E-state index contributed by atoms with van der Waals surface area (Å²) in [5.41, 5.74) is -0.578. The highest BCUT2D eigenvalue weighted by molar-refractivity contribution is 8.00. The minimum Gasteiger partial charge on any atom is -0.455 e. The predicted octanol–water partition coefficient (Wildman–Crippen LogP) is 3.15. The summed E-state index contributed by atoms with van der Waals surface area (Å²) in [5, 5.41) is 4.60. The Morgan fingerprint density at radius 2 is 1.72 bits per heavy atom. The summed E-state index contributed by atoms with van der Waals surface area (Å²) in [5.74, 6) is -7.09. The number of rotatable bonds is 8. The Kier molecular flexibility index (Phi) is 8.34. The first-order valence-electron chi connectivity index (χ1n) is 8.01. The number of anilines is 1. The van der Waals surface area contributed by atoms with Gasteiger partial charge in [0.1, 0.15) is 0 Å². The van der Waals surface area contributed by atoms with Crippen molar-refractivity contribution in [3.05, 3.63) is 58.9 Å². The van der Waals surface area contributed by atoms with Gasteiger partial charge in [-0.05, 0) is 24.3 Å². The summed E-state index contributed by atoms with van der Waals surface area (Å²) < 4.78 is 44.2. The molecule has 0 aliphatic heterocycles. The van der Waals surface area contributed by atoms with Crippen molar-refractivity contribution < 1.29 is 32.3 Å². The van der Waals surface area contributed by atoms with Crippen molar-refractivity contribution in [2.24, 2.45) is 0 Å². The molecule has 0 aliphatic carbocycles. The number of nitrogens with one attached hydrogen (secondary N) is 2. The number of hydrogen-bond donors (Lipinski definition) is 2. The van der Waals surface area contributed by atoms with Crippen LogP contribution in [0.25, 0.3) is 0 Å². The maximum absolute atomic E-state index is 13.5. The van der Waals surface area contributed by atoms with Crippen molar-refractivity contribution in [3.8, 4) is 0 Å². The molecule has 2 amide bonds. The van der Waals surface area contributed by atoms with Gasteiger partial charge in [0.05, 0.1) is 23.0 Å². The van der Waals surface area contributed by atoms with Gasteiger partial charge >= 0.3 is 5.97 Å². The Hall–Kier alpha value is -2.72. The normalized spacial score (nSPS) is 10.3. The van der Waals surface area contributed by atoms with Crippen LogP contribution in [0.2, 0.25) is 5.02 Å². The van der Waals surface area contributed by atoms with E-state index in [1.54, 1.807) is 24.3 Å². The summed E-state index contributed by atoms with van der Waals surface area (Å²) in [4.78, 5) is 35.6. The molecule has 0 saturated heterocycles. The Labute approximate surface area is 172 Å². The number of halogens is 4. The van der Waals surface area contributed by atoms with Gasteiger partial charge < -0.3 is 15.4 Å². The monoisotopic (exact) mass is 446 g/mol. The van der Waals surface area contributed by atoms with Crippen LogP contribution in [0, 0.1) is 17.5 Å². The Morgan fingerprint density at radius 3 is 2.45 bits per heavy atom. The molecule has 0 unspecified atom stereocenters. The summed E-state index contributed by atoms with van der Waals surface area (Å²) in [7, 11) is 0. The molecule has 11 heteroatoms. The average molecular weight is 447 g/mol. The molecule has 0 fully saturated rings. The van der Waals surface area contributed by atoms with E-state index in [-0.39, 0.29) is 5.75 Å². The molecule has 29 heavy (non-hydrogen) atoms. The van der Waals surface area contributed by atoms with Crippen LogP contribution >= 0.6 is 23.4 Å². The van der Waals surface area contributed by atoms with Gasteiger partial charge in [-0.3, -0.25) is 14.4 Å². The van der Waals surface area contributed by atoms with Crippen LogP contribution in [-0.4, -0.2) is 36.7 Å². The number of ether oxygens (including phenoxy) is 1. The highest BCUT2D eigenvalue weighted by Crippen LogP contribution is 2.26. The minimum absolute atomic E-state index is 0.0765. The Morgan fingerprint density at radius 1 is 1.00 bits per heavy atom. The molecule has 0 radical (unpaired) electrons. The lowest BCUT2D eigenvalue weighted by Crippen LogP contribution is -2.35. The molecule has 2 rings (SSSR count). The SMILES string of the molecule is O=C(COC(=O)CSc1ccccc1Cl)NCC(=O)Nc1ccc(F)c(F)c1F. The van der Waals surface area contributed by atoms with Crippen LogP contribution in [0.3, 0.4) is 0 Å². The van der Waals surface area contributed by atoms with E-state index in [9.17, 15) is 27.6 Å². The van der Waals surface area contributed by atoms with E-state index in [0.29, 0.717) is 16.0 Å². The van der Waals surface area contributed by atoms with Crippen molar-refractivity contribution in [1.82, 2.24) is 5.32 Å². The second kappa shape index (κ2) is 10.7. The third-order valence-corrected chi connectivity index (χ3v) is 4.79. The maximum Gasteiger partial charge on any atom is 0.316 e. The van der Waals surface area contributed by atoms with Crippen molar-refractivity contribution in [1.29, 1.82) is 0 Å². The molecule has 0 atom stereocenters. The van der Waals surface area contributed by atoms with E-state index in [1.807, 2.05) is 5.32 Å². The lowest BCUT2D eigenvalue weighted by molar-refractivity contribution is -0.146. The molecular weight excluding hydrogens is 433 g/mol. The van der Waals surface area contributed by atoms with Crippen LogP contribution in [-0.2, 0) is 19.1 Å². The average Bonchev–Trinajstić information content (AvgIpc) is 2.70. The Balaban J connectivity index is 1.70. The number of thioether (sulfide) groups is 1. The molecule has 0 aliphatic rings. The van der Waals surface area contributed by atoms with E-state index in [0.717, 1.165) is 17.8 Å². The van der Waals surface area contributed by atoms with Crippen molar-refractivity contribution in [3.63, 3.8) is 0 Å². The van der Waals surface area contributed by atoms with E-state index < -0.39 is 54.1 Å². The first kappa shape index (κ1) is 22.6. The second-order valence-corrected chi connectivity index (χ2v) is 6.85. The molecule has 0 spiro atoms. The first-order chi connectivity index (χ1) is 13.8. The highest BCUT2D eigenvalue weighted by atomic mass is 35.5. The molecule has 2 aromatic rings. The van der Waals surface area contributed by atoms with Gasteiger partial charge in [-0.1, -0.05) is 23.7 Å². The molecule has 0 aromatic heterocycles. The number of carbonyl (C=O) groups is 3. The maximum atomic E-state index is 13.5. The van der Waals surface area contributed by atoms with Gasteiger partial charge in [0.2, 0.25) is 5.91 Å². The third-order valence-electron chi connectivity index (χ3n) is 3.30. The van der Waals surface area contributed by atoms with E-state index in [2.05, 4.69) is 5.32 Å². The molecule has 154 valence electrons. The lowest BCUT2D eigenvalue weighted by atomic mass is 10.2. The van der Waals surface area contributed by atoms with Crippen LogP contribution in [0.1, 0.15) is 0 Å². The second-order valence-electron chi connectivity index (χ2n) is 5.43. The number of hydrogen-bond acceptors (Lipinski definition) is 5. The molecule has 2 aromatic carbocycles. The van der Waals surface area contributed by atoms with E-state index in [1.165, 1.54) is 0 Å². The van der Waals surface area contributed by atoms with Gasteiger partial charge in [-0.2, -0.15) is 0 Å². The quantitative estimate of drug-likeness (QED) is 0.370. The number of benzene rings is 2. The van der Waals surface area contributed by atoms with Crippen molar-refractivity contribution >= 4 is 46.8 Å². The van der Waals surface area contributed by atoms with Gasteiger partial charge in [0.25, 0.3) is 5.91 Å². The summed E-state index contributed by atoms with van der Waals surface area (Å²) in [6, 6.07) is 8.37. The Bertz CT molecular complexity index is 930. The van der Waals surface area contributed by atoms with Crippen molar-refractivity contribution in [2.75, 3.05) is 24.2 Å². The summed E-state index contributed by atoms with van der Waals surface area (Å²) in [6.07, 6.45) is 0. The first-order valence-corrected chi connectivity index (χ1v) is 9.37. The topological polar surface area (TPSA) is 84.5 Å². The summed E-state index contributed by atoms with van der Waals surface area (Å²) in [6.45, 7) is -1.22. The molecule has 0 heterocycles. The zero-order chi connectivity index (χ0) is 21.4. The smallest absolute Gasteiger partial charge is 0.316 e. The van der Waals surface area contributed by atoms with E-state index in [4.69, 9.17) is 16.3 Å². The van der Waals surface area contributed by atoms with Crippen molar-refractivity contribution in [2.45, 2.75) is 4.90 Å². The minimum atomic E-state index is -1.73. The predicted molar refractivity (Wildman–Crippen MR) is 101 cm³/mol. The summed E-state index contributed by atoms with van der Waals surface area (Å²) >= 11 is 7.09. The molecule has 0 bridgehead atoms. The zero-order valence-corrected chi connectivity index (χ0v) is 16.2. The molecular formula is C18H14ClF3N2O4S. The van der Waals surface area contributed by atoms with Gasteiger partial charge in [-0.15, -0.1) is 11.8 Å². The molecule has 6 nitrogen and oxygen atoms in total. The van der Waals surface area contributed by atoms with Gasteiger partial charge in [0.15, 0.2) is 24.1 Å². The third kappa shape index (κ3) is 6.99.